The molecule has 3 heterocycles. The van der Waals surface area contributed by atoms with E-state index in [9.17, 15) is 51.5 Å². The zero-order valence-corrected chi connectivity index (χ0v) is 37.7. The van der Waals surface area contributed by atoms with Crippen LogP contribution in [0, 0.1) is 36.5 Å². The lowest BCUT2D eigenvalue weighted by atomic mass is 10.00. The molecule has 0 saturated carbocycles. The summed E-state index contributed by atoms with van der Waals surface area (Å²) in [6, 6.07) is 29.9. The highest BCUT2D eigenvalue weighted by atomic mass is 32.2. The van der Waals surface area contributed by atoms with Crippen molar-refractivity contribution in [3.8, 4) is 34.9 Å². The molecule has 8 aromatic rings. The predicted octanol–water partition coefficient (Wildman–Crippen LogP) is 11.3. The van der Waals surface area contributed by atoms with Crippen LogP contribution in [0.25, 0.3) is 38.6 Å². The van der Waals surface area contributed by atoms with Crippen LogP contribution < -0.4 is 4.74 Å². The first-order valence-electron chi connectivity index (χ1n) is 19.9. The van der Waals surface area contributed by atoms with Crippen molar-refractivity contribution in [3.05, 3.63) is 125 Å². The first kappa shape index (κ1) is 46.2. The van der Waals surface area contributed by atoms with Crippen LogP contribution in [0.2, 0.25) is 0 Å². The van der Waals surface area contributed by atoms with Gasteiger partial charge in [-0.05, 0) is 84.6 Å². The van der Waals surface area contributed by atoms with Crippen LogP contribution >= 0.6 is 11.3 Å². The summed E-state index contributed by atoms with van der Waals surface area (Å²) in [4.78, 5) is 16.0. The molecule has 68 heavy (non-hydrogen) atoms. The molecule has 0 amide bonds. The van der Waals surface area contributed by atoms with Crippen molar-refractivity contribution in [1.29, 1.82) is 10.5 Å². The summed E-state index contributed by atoms with van der Waals surface area (Å²) in [7, 11) is -9.07. The highest BCUT2D eigenvalue weighted by molar-refractivity contribution is 7.86. The van der Waals surface area contributed by atoms with Gasteiger partial charge in [-0.25, -0.2) is 9.78 Å². The fraction of sp³-hybridized carbons (Fsp3) is 0.111. The number of carboxylic acid groups (broad SMARTS) is 1. The molecular formula is C45H32N10O10S3. The van der Waals surface area contributed by atoms with Crippen LogP contribution in [0.15, 0.2) is 133 Å². The SMILES string of the molecule is Cc1cc(N=Nc2c(C)c(C#N)c3nc4ccccc4n3c2O)c(OCCCS(=O)(=O)O)cc1N=Nc1sc(N=Nc2ccc(S(=O)(=O)O)cc2C(=O)O)c(-c2ccc3ccccc3c2)c1C#N. The summed E-state index contributed by atoms with van der Waals surface area (Å²) in [6.07, 6.45) is -0.121. The number of nitrogens with zero attached hydrogens (tertiary/aromatic N) is 10. The Hall–Kier alpha value is -8.32. The zero-order chi connectivity index (χ0) is 48.5. The minimum absolute atomic E-state index is 0.0301. The molecule has 3 aromatic heterocycles. The second-order valence-electron chi connectivity index (χ2n) is 14.8. The number of benzene rings is 5. The van der Waals surface area contributed by atoms with E-state index < -0.39 is 42.4 Å². The lowest BCUT2D eigenvalue weighted by Crippen LogP contribution is -2.08. The van der Waals surface area contributed by atoms with Crippen molar-refractivity contribution in [2.45, 2.75) is 25.2 Å². The number of para-hydroxylation sites is 2. The van der Waals surface area contributed by atoms with E-state index in [-0.39, 0.29) is 85.3 Å². The monoisotopic (exact) mass is 968 g/mol. The number of carboxylic acids is 1. The fourth-order valence-corrected chi connectivity index (χ4v) is 9.02. The number of carbonyl (C=O) groups is 1. The number of hydrogen-bond acceptors (Lipinski definition) is 17. The molecule has 0 aliphatic rings. The topological polar surface area (TPSA) is 315 Å². The third kappa shape index (κ3) is 9.36. The van der Waals surface area contributed by atoms with Gasteiger partial charge in [-0.15, -0.1) is 30.7 Å². The van der Waals surface area contributed by atoms with Crippen LogP contribution in [0.3, 0.4) is 0 Å². The number of aromatic carboxylic acids is 1. The van der Waals surface area contributed by atoms with Gasteiger partial charge < -0.3 is 14.9 Å². The van der Waals surface area contributed by atoms with Gasteiger partial charge in [0.05, 0.1) is 39.5 Å². The van der Waals surface area contributed by atoms with Gasteiger partial charge in [-0.2, -0.15) is 27.4 Å². The molecule has 0 fully saturated rings. The van der Waals surface area contributed by atoms with Crippen LogP contribution in [0.4, 0.5) is 32.8 Å². The average molecular weight is 969 g/mol. The number of aryl methyl sites for hydroxylation is 1. The van der Waals surface area contributed by atoms with E-state index >= 15 is 0 Å². The number of rotatable bonds is 14. The molecule has 0 spiro atoms. The maximum atomic E-state index is 12.1. The van der Waals surface area contributed by atoms with Crippen molar-refractivity contribution in [2.24, 2.45) is 30.7 Å². The number of nitriles is 2. The molecule has 0 aliphatic heterocycles. The van der Waals surface area contributed by atoms with Gasteiger partial charge in [0.15, 0.2) is 16.3 Å². The maximum Gasteiger partial charge on any atom is 0.338 e. The smallest absolute Gasteiger partial charge is 0.338 e. The molecule has 20 nitrogen and oxygen atoms in total. The zero-order valence-electron chi connectivity index (χ0n) is 35.3. The Morgan fingerprint density at radius 3 is 2.19 bits per heavy atom. The van der Waals surface area contributed by atoms with E-state index in [0.717, 1.165) is 40.3 Å². The van der Waals surface area contributed by atoms with E-state index in [1.165, 1.54) is 16.5 Å². The van der Waals surface area contributed by atoms with Gasteiger partial charge >= 0.3 is 5.97 Å². The average Bonchev–Trinajstić information content (AvgIpc) is 3.87. The second kappa shape index (κ2) is 18.5. The van der Waals surface area contributed by atoms with Crippen LogP contribution in [0.1, 0.15) is 39.0 Å². The second-order valence-corrected chi connectivity index (χ2v) is 18.8. The molecular weight excluding hydrogens is 937 g/mol. The summed E-state index contributed by atoms with van der Waals surface area (Å²) >= 11 is 0.892. The third-order valence-electron chi connectivity index (χ3n) is 10.4. The number of fused-ring (bicyclic) bond motifs is 4. The Morgan fingerprint density at radius 2 is 1.47 bits per heavy atom. The van der Waals surface area contributed by atoms with E-state index in [4.69, 9.17) is 4.74 Å². The summed E-state index contributed by atoms with van der Waals surface area (Å²) in [6.45, 7) is 3.04. The first-order chi connectivity index (χ1) is 32.4. The van der Waals surface area contributed by atoms with Crippen LogP contribution in [-0.4, -0.2) is 63.9 Å². The molecule has 0 aliphatic carbocycles. The number of hydrogen-bond donors (Lipinski definition) is 4. The number of ether oxygens (including phenoxy) is 1. The van der Waals surface area contributed by atoms with Gasteiger partial charge in [0, 0.05) is 17.2 Å². The van der Waals surface area contributed by atoms with Gasteiger partial charge in [-0.1, -0.05) is 59.9 Å². The molecule has 0 radical (unpaired) electrons. The van der Waals surface area contributed by atoms with Crippen LogP contribution in [-0.2, 0) is 20.2 Å². The van der Waals surface area contributed by atoms with Crippen molar-refractivity contribution in [3.63, 3.8) is 0 Å². The standard InChI is InChI=1S/C45H32N10O10S3/c1-24-18-36(51-52-40-25(2)31(22-46)41-48-34-10-5-6-11-37(34)55(41)44(40)56)38(65-16-7-17-67(59,60)61)21-35(24)50-53-42-32(23-47)39(28-13-12-26-8-3-4-9-27(26)19-28)43(66-42)54-49-33-15-14-29(68(62,63)64)20-30(33)45(57)58/h3-6,8-15,18-21,56H,7,16-17H2,1-2H3,(H,57,58)(H,59,60,61)(H,62,63,64). The molecule has 340 valence electrons. The van der Waals surface area contributed by atoms with Gasteiger partial charge in [0.25, 0.3) is 20.2 Å². The minimum atomic E-state index is -4.75. The fourth-order valence-electron chi connectivity index (χ4n) is 7.11. The number of thiophene rings is 1. The molecule has 0 unspecified atom stereocenters. The Morgan fingerprint density at radius 1 is 0.779 bits per heavy atom. The van der Waals surface area contributed by atoms with E-state index in [1.54, 1.807) is 44.2 Å². The summed E-state index contributed by atoms with van der Waals surface area (Å²) in [5.41, 5.74) is 2.44. The van der Waals surface area contributed by atoms with Gasteiger partial charge in [-0.3, -0.25) is 13.5 Å². The van der Waals surface area contributed by atoms with Gasteiger partial charge in [0.2, 0.25) is 5.88 Å². The first-order valence-corrected chi connectivity index (χ1v) is 23.7. The lowest BCUT2D eigenvalue weighted by molar-refractivity contribution is 0.0697. The van der Waals surface area contributed by atoms with Crippen molar-refractivity contribution in [1.82, 2.24) is 9.38 Å². The molecule has 0 saturated heterocycles. The van der Waals surface area contributed by atoms with E-state index in [2.05, 4.69) is 47.8 Å². The van der Waals surface area contributed by atoms with Gasteiger partial charge in [0.1, 0.15) is 45.4 Å². The third-order valence-corrected chi connectivity index (χ3v) is 13.0. The van der Waals surface area contributed by atoms with E-state index in [1.807, 2.05) is 36.4 Å². The van der Waals surface area contributed by atoms with Crippen molar-refractivity contribution < 1.29 is 45.7 Å². The highest BCUT2D eigenvalue weighted by Crippen LogP contribution is 2.49. The molecule has 4 N–H and O–H groups in total. The minimum Gasteiger partial charge on any atom is -0.493 e. The highest BCUT2D eigenvalue weighted by Gasteiger charge is 2.24. The summed E-state index contributed by atoms with van der Waals surface area (Å²) in [5.74, 6) is -2.46. The molecule has 0 atom stereocenters. The number of aromatic nitrogens is 2. The lowest BCUT2D eigenvalue weighted by Gasteiger charge is -2.12. The normalized spacial score (nSPS) is 12.2. The Balaban J connectivity index is 1.22. The number of azo groups is 3. The molecule has 5 aromatic carbocycles. The Labute approximate surface area is 389 Å². The molecule has 8 rings (SSSR count). The predicted molar refractivity (Wildman–Crippen MR) is 249 cm³/mol. The van der Waals surface area contributed by atoms with Crippen molar-refractivity contribution >= 4 is 97.7 Å². The van der Waals surface area contributed by atoms with E-state index in [0.29, 0.717) is 22.2 Å². The van der Waals surface area contributed by atoms with Crippen LogP contribution in [0.5, 0.6) is 11.6 Å². The number of aromatic hydroxyl groups is 1. The molecule has 0 bridgehead atoms. The number of imidazole rings is 1. The summed E-state index contributed by atoms with van der Waals surface area (Å²) in [5, 5.41) is 70.0. The maximum absolute atomic E-state index is 12.1. The Bertz CT molecular complexity index is 3810. The Kier molecular flexibility index (Phi) is 12.6. The summed E-state index contributed by atoms with van der Waals surface area (Å²) < 4.78 is 72.7. The van der Waals surface area contributed by atoms with Crippen molar-refractivity contribution in [2.75, 3.05) is 12.4 Å². The quantitative estimate of drug-likeness (QED) is 0.0448. The number of pyridine rings is 1. The molecule has 23 heteroatoms. The largest absolute Gasteiger partial charge is 0.493 e.